The molecule has 1 aromatic rings. The molecule has 0 spiro atoms. The molecule has 1 aliphatic carbocycles. The normalized spacial score (nSPS) is 26.8. The van der Waals surface area contributed by atoms with Crippen LogP contribution in [0.5, 0.6) is 0 Å². The molecule has 0 unspecified atom stereocenters. The van der Waals surface area contributed by atoms with Crippen LogP contribution in [0.15, 0.2) is 6.33 Å². The fraction of sp³-hybridized carbons (Fsp3) is 0.833. The average molecular weight is 238 g/mol. The Labute approximate surface area is 103 Å². The molecular formula is C12H22N4O. The topological polar surface area (TPSA) is 52.0 Å². The van der Waals surface area contributed by atoms with E-state index in [-0.39, 0.29) is 5.41 Å². The summed E-state index contributed by atoms with van der Waals surface area (Å²) in [6, 6.07) is 0.496. The molecule has 96 valence electrons. The Morgan fingerprint density at radius 3 is 2.88 bits per heavy atom. The van der Waals surface area contributed by atoms with Crippen molar-refractivity contribution in [3.05, 3.63) is 12.2 Å². The van der Waals surface area contributed by atoms with E-state index >= 15 is 0 Å². The van der Waals surface area contributed by atoms with Gasteiger partial charge in [-0.25, -0.2) is 4.98 Å². The highest BCUT2D eigenvalue weighted by Gasteiger charge is 2.48. The molecule has 0 aromatic carbocycles. The van der Waals surface area contributed by atoms with Crippen LogP contribution in [-0.4, -0.2) is 33.5 Å². The summed E-state index contributed by atoms with van der Waals surface area (Å²) in [5.41, 5.74) is 0.203. The number of aryl methyl sites for hydroxylation is 1. The van der Waals surface area contributed by atoms with Gasteiger partial charge in [-0.15, -0.1) is 0 Å². The third-order valence-corrected chi connectivity index (χ3v) is 3.86. The van der Waals surface area contributed by atoms with Crippen LogP contribution in [0, 0.1) is 5.41 Å². The van der Waals surface area contributed by atoms with E-state index in [2.05, 4.69) is 36.2 Å². The van der Waals surface area contributed by atoms with Crippen molar-refractivity contribution >= 4 is 0 Å². The number of nitrogens with one attached hydrogen (secondary N) is 1. The molecule has 1 aromatic heterocycles. The van der Waals surface area contributed by atoms with Crippen LogP contribution >= 0.6 is 0 Å². The summed E-state index contributed by atoms with van der Waals surface area (Å²) in [6.07, 6.45) is 3.05. The summed E-state index contributed by atoms with van der Waals surface area (Å²) in [5, 5.41) is 7.60. The van der Waals surface area contributed by atoms with Gasteiger partial charge in [0.1, 0.15) is 12.2 Å². The first-order valence-corrected chi connectivity index (χ1v) is 6.23. The van der Waals surface area contributed by atoms with Crippen LogP contribution in [0.3, 0.4) is 0 Å². The lowest BCUT2D eigenvalue weighted by atomic mass is 9.64. The predicted molar refractivity (Wildman–Crippen MR) is 65.4 cm³/mol. The zero-order valence-corrected chi connectivity index (χ0v) is 11.1. The minimum absolute atomic E-state index is 0.203. The summed E-state index contributed by atoms with van der Waals surface area (Å²) in [5.74, 6) is 0.973. The SMILES string of the molecule is CCO[C@H]1C[C@@H](NCc2ncnn2C)C1(C)C. The van der Waals surface area contributed by atoms with Gasteiger partial charge in [-0.3, -0.25) is 4.68 Å². The van der Waals surface area contributed by atoms with Crippen molar-refractivity contribution in [2.24, 2.45) is 12.5 Å². The summed E-state index contributed by atoms with van der Waals surface area (Å²) in [6.45, 7) is 8.13. The lowest BCUT2D eigenvalue weighted by molar-refractivity contribution is -0.114. The molecule has 2 atom stereocenters. The highest BCUT2D eigenvalue weighted by molar-refractivity contribution is 5.03. The number of hydrogen-bond acceptors (Lipinski definition) is 4. The second-order valence-electron chi connectivity index (χ2n) is 5.23. The summed E-state index contributed by atoms with van der Waals surface area (Å²) < 4.78 is 7.52. The van der Waals surface area contributed by atoms with Gasteiger partial charge in [0.05, 0.1) is 12.6 Å². The molecule has 1 aliphatic rings. The number of rotatable bonds is 5. The molecule has 0 amide bonds. The molecule has 0 radical (unpaired) electrons. The molecule has 1 saturated carbocycles. The first-order chi connectivity index (χ1) is 8.05. The zero-order chi connectivity index (χ0) is 12.5. The van der Waals surface area contributed by atoms with E-state index < -0.39 is 0 Å². The van der Waals surface area contributed by atoms with Gasteiger partial charge in [-0.1, -0.05) is 13.8 Å². The smallest absolute Gasteiger partial charge is 0.140 e. The van der Waals surface area contributed by atoms with Gasteiger partial charge in [0.25, 0.3) is 0 Å². The van der Waals surface area contributed by atoms with Gasteiger partial charge in [-0.2, -0.15) is 5.10 Å². The van der Waals surface area contributed by atoms with E-state index in [0.717, 1.165) is 25.4 Å². The summed E-state index contributed by atoms with van der Waals surface area (Å²) in [4.78, 5) is 4.21. The molecule has 5 heteroatoms. The van der Waals surface area contributed by atoms with Gasteiger partial charge in [0.15, 0.2) is 0 Å². The van der Waals surface area contributed by atoms with E-state index in [4.69, 9.17) is 4.74 Å². The predicted octanol–water partition coefficient (Wildman–Crippen LogP) is 1.11. The highest BCUT2D eigenvalue weighted by atomic mass is 16.5. The number of aromatic nitrogens is 3. The lowest BCUT2D eigenvalue weighted by Crippen LogP contribution is -2.60. The van der Waals surface area contributed by atoms with E-state index in [1.165, 1.54) is 0 Å². The molecular weight excluding hydrogens is 216 g/mol. The van der Waals surface area contributed by atoms with Crippen LogP contribution in [-0.2, 0) is 18.3 Å². The quantitative estimate of drug-likeness (QED) is 0.835. The van der Waals surface area contributed by atoms with Crippen molar-refractivity contribution in [1.29, 1.82) is 0 Å². The van der Waals surface area contributed by atoms with Gasteiger partial charge in [0.2, 0.25) is 0 Å². The molecule has 0 bridgehead atoms. The Bertz CT molecular complexity index is 374. The zero-order valence-electron chi connectivity index (χ0n) is 11.1. The minimum atomic E-state index is 0.203. The van der Waals surface area contributed by atoms with Gasteiger partial charge >= 0.3 is 0 Å². The third-order valence-electron chi connectivity index (χ3n) is 3.86. The second kappa shape index (κ2) is 4.74. The maximum atomic E-state index is 5.71. The van der Waals surface area contributed by atoms with Crippen molar-refractivity contribution < 1.29 is 4.74 Å². The van der Waals surface area contributed by atoms with E-state index in [0.29, 0.717) is 12.1 Å². The van der Waals surface area contributed by atoms with E-state index in [1.54, 1.807) is 11.0 Å². The van der Waals surface area contributed by atoms with E-state index in [1.807, 2.05) is 7.05 Å². The monoisotopic (exact) mass is 238 g/mol. The van der Waals surface area contributed by atoms with Crippen LogP contribution in [0.2, 0.25) is 0 Å². The molecule has 17 heavy (non-hydrogen) atoms. The molecule has 1 heterocycles. The largest absolute Gasteiger partial charge is 0.378 e. The van der Waals surface area contributed by atoms with E-state index in [9.17, 15) is 0 Å². The van der Waals surface area contributed by atoms with Crippen LogP contribution in [0.25, 0.3) is 0 Å². The number of hydrogen-bond donors (Lipinski definition) is 1. The molecule has 0 saturated heterocycles. The maximum absolute atomic E-state index is 5.71. The highest BCUT2D eigenvalue weighted by Crippen LogP contribution is 2.42. The molecule has 1 N–H and O–H groups in total. The number of ether oxygens (including phenoxy) is 1. The van der Waals surface area contributed by atoms with Gasteiger partial charge < -0.3 is 10.1 Å². The molecule has 0 aliphatic heterocycles. The Balaban J connectivity index is 1.84. The summed E-state index contributed by atoms with van der Waals surface area (Å²) >= 11 is 0. The average Bonchev–Trinajstić information content (AvgIpc) is 2.68. The fourth-order valence-electron chi connectivity index (χ4n) is 2.41. The van der Waals surface area contributed by atoms with Crippen molar-refractivity contribution in [3.8, 4) is 0 Å². The maximum Gasteiger partial charge on any atom is 0.140 e. The standard InChI is InChI=1S/C12H22N4O/c1-5-17-10-6-9(12(10,2)3)13-7-11-14-8-15-16(11)4/h8-10,13H,5-7H2,1-4H3/t9-,10+/m1/s1. The van der Waals surface area contributed by atoms with Crippen molar-refractivity contribution in [3.63, 3.8) is 0 Å². The van der Waals surface area contributed by atoms with Gasteiger partial charge in [0, 0.05) is 25.1 Å². The summed E-state index contributed by atoms with van der Waals surface area (Å²) in [7, 11) is 1.92. The van der Waals surface area contributed by atoms with Crippen molar-refractivity contribution in [1.82, 2.24) is 20.1 Å². The second-order valence-corrected chi connectivity index (χ2v) is 5.23. The van der Waals surface area contributed by atoms with Crippen molar-refractivity contribution in [2.45, 2.75) is 45.9 Å². The molecule has 1 fully saturated rings. The van der Waals surface area contributed by atoms with Crippen LogP contribution < -0.4 is 5.32 Å². The first kappa shape index (κ1) is 12.5. The van der Waals surface area contributed by atoms with Crippen LogP contribution in [0.1, 0.15) is 33.0 Å². The Kier molecular flexibility index (Phi) is 3.49. The fourth-order valence-corrected chi connectivity index (χ4v) is 2.41. The van der Waals surface area contributed by atoms with Crippen molar-refractivity contribution in [2.75, 3.05) is 6.61 Å². The third kappa shape index (κ3) is 2.35. The lowest BCUT2D eigenvalue weighted by Gasteiger charge is -2.51. The first-order valence-electron chi connectivity index (χ1n) is 6.23. The Morgan fingerprint density at radius 1 is 1.59 bits per heavy atom. The number of nitrogens with zero attached hydrogens (tertiary/aromatic N) is 3. The minimum Gasteiger partial charge on any atom is -0.378 e. The van der Waals surface area contributed by atoms with Gasteiger partial charge in [-0.05, 0) is 13.3 Å². The molecule has 5 nitrogen and oxygen atoms in total. The Morgan fingerprint density at radius 2 is 2.35 bits per heavy atom. The molecule has 2 rings (SSSR count). The van der Waals surface area contributed by atoms with Crippen LogP contribution in [0.4, 0.5) is 0 Å². The Hall–Kier alpha value is -0.940.